The highest BCUT2D eigenvalue weighted by Crippen LogP contribution is 2.44. The number of alkyl halides is 8. The summed E-state index contributed by atoms with van der Waals surface area (Å²) in [7, 11) is 0. The number of hydrogen-bond acceptors (Lipinski definition) is 2. The first-order valence-corrected chi connectivity index (χ1v) is 4.89. The van der Waals surface area contributed by atoms with Gasteiger partial charge < -0.3 is 9.47 Å². The summed E-state index contributed by atoms with van der Waals surface area (Å²) in [5.74, 6) is -2.79. The Morgan fingerprint density at radius 1 is 1.00 bits per heavy atom. The lowest BCUT2D eigenvalue weighted by atomic mass is 10.2. The number of hydrogen-bond donors (Lipinski definition) is 0. The Morgan fingerprint density at radius 2 is 1.55 bits per heavy atom. The normalized spacial score (nSPS) is 12.7. The maximum atomic E-state index is 12.6. The number of ether oxygens (including phenoxy) is 2. The Labute approximate surface area is 110 Å². The van der Waals surface area contributed by atoms with Crippen LogP contribution < -0.4 is 9.47 Å². The van der Waals surface area contributed by atoms with Crippen LogP contribution in [0, 0.1) is 0 Å². The summed E-state index contributed by atoms with van der Waals surface area (Å²) in [6.07, 6.45) is -10.7. The van der Waals surface area contributed by atoms with E-state index >= 15 is 0 Å². The second-order valence-electron chi connectivity index (χ2n) is 3.21. The SMILES string of the molecule is FC(F)Oc1cc(Cl)c(OC(F)(F)F)c(C(F)(F)F)c1. The van der Waals surface area contributed by atoms with Crippen molar-refractivity contribution in [1.29, 1.82) is 0 Å². The zero-order valence-corrected chi connectivity index (χ0v) is 9.71. The van der Waals surface area contributed by atoms with Crippen LogP contribution in [0.4, 0.5) is 35.1 Å². The van der Waals surface area contributed by atoms with Gasteiger partial charge in [-0.25, -0.2) is 0 Å². The quantitative estimate of drug-likeness (QED) is 0.737. The topological polar surface area (TPSA) is 18.5 Å². The van der Waals surface area contributed by atoms with E-state index in [1.54, 1.807) is 0 Å². The molecule has 1 aromatic rings. The van der Waals surface area contributed by atoms with Crippen molar-refractivity contribution in [3.8, 4) is 11.5 Å². The smallest absolute Gasteiger partial charge is 0.435 e. The van der Waals surface area contributed by atoms with E-state index in [0.717, 1.165) is 0 Å². The number of benzene rings is 1. The fourth-order valence-electron chi connectivity index (χ4n) is 1.17. The third kappa shape index (κ3) is 4.58. The van der Waals surface area contributed by atoms with E-state index in [4.69, 9.17) is 11.6 Å². The minimum absolute atomic E-state index is 0.0703. The van der Waals surface area contributed by atoms with Crippen molar-refractivity contribution in [1.82, 2.24) is 0 Å². The summed E-state index contributed by atoms with van der Waals surface area (Å²) in [6.45, 7) is -3.47. The first kappa shape index (κ1) is 16.6. The molecule has 0 unspecified atom stereocenters. The molecular formula is C9H3ClF8O2. The molecule has 0 heterocycles. The van der Waals surface area contributed by atoms with Gasteiger partial charge in [0.2, 0.25) is 0 Å². The molecule has 20 heavy (non-hydrogen) atoms. The lowest BCUT2D eigenvalue weighted by molar-refractivity contribution is -0.276. The highest BCUT2D eigenvalue weighted by Gasteiger charge is 2.41. The van der Waals surface area contributed by atoms with Crippen molar-refractivity contribution < 1.29 is 44.6 Å². The lowest BCUT2D eigenvalue weighted by Gasteiger charge is -2.18. The molecule has 2 nitrogen and oxygen atoms in total. The van der Waals surface area contributed by atoms with Gasteiger partial charge in [-0.1, -0.05) is 11.6 Å². The second-order valence-corrected chi connectivity index (χ2v) is 3.61. The van der Waals surface area contributed by atoms with Gasteiger partial charge >= 0.3 is 19.2 Å². The summed E-state index contributed by atoms with van der Waals surface area (Å²) in [5, 5.41) is -1.17. The molecule has 0 saturated heterocycles. The molecule has 0 N–H and O–H groups in total. The van der Waals surface area contributed by atoms with E-state index in [1.807, 2.05) is 0 Å². The highest BCUT2D eigenvalue weighted by atomic mass is 35.5. The largest absolute Gasteiger partial charge is 0.573 e. The Kier molecular flexibility index (Phi) is 4.57. The van der Waals surface area contributed by atoms with Crippen LogP contribution >= 0.6 is 11.6 Å². The van der Waals surface area contributed by atoms with Crippen LogP contribution in [0.25, 0.3) is 0 Å². The molecule has 114 valence electrons. The Morgan fingerprint density at radius 3 is 1.95 bits per heavy atom. The number of halogens is 9. The summed E-state index contributed by atoms with van der Waals surface area (Å²) in [5.41, 5.74) is -1.99. The Bertz CT molecular complexity index is 482. The Hall–Kier alpha value is -1.45. The van der Waals surface area contributed by atoms with Crippen LogP contribution in [0.15, 0.2) is 12.1 Å². The van der Waals surface area contributed by atoms with Crippen LogP contribution in [0.2, 0.25) is 5.02 Å². The molecular weight excluding hydrogens is 328 g/mol. The van der Waals surface area contributed by atoms with Gasteiger partial charge in [0.15, 0.2) is 5.75 Å². The van der Waals surface area contributed by atoms with Crippen LogP contribution in [0.5, 0.6) is 11.5 Å². The molecule has 0 aliphatic carbocycles. The molecule has 0 aliphatic rings. The third-order valence-corrected chi connectivity index (χ3v) is 2.05. The average Bonchev–Trinajstić information content (AvgIpc) is 2.17. The van der Waals surface area contributed by atoms with Gasteiger partial charge in [-0.05, 0) is 6.07 Å². The zero-order chi connectivity index (χ0) is 15.7. The molecule has 11 heteroatoms. The molecule has 0 fully saturated rings. The molecule has 0 spiro atoms. The Balaban J connectivity index is 3.35. The molecule has 0 aliphatic heterocycles. The van der Waals surface area contributed by atoms with E-state index < -0.39 is 41.2 Å². The minimum Gasteiger partial charge on any atom is -0.435 e. The van der Waals surface area contributed by atoms with Gasteiger partial charge in [0, 0.05) is 6.07 Å². The summed E-state index contributed by atoms with van der Waals surface area (Å²) >= 11 is 5.18. The van der Waals surface area contributed by atoms with Crippen LogP contribution in [-0.2, 0) is 6.18 Å². The van der Waals surface area contributed by atoms with Gasteiger partial charge in [0.25, 0.3) is 0 Å². The predicted molar refractivity (Wildman–Crippen MR) is 49.8 cm³/mol. The number of rotatable bonds is 3. The summed E-state index contributed by atoms with van der Waals surface area (Å²) < 4.78 is 104. The van der Waals surface area contributed by atoms with Crippen molar-refractivity contribution in [2.45, 2.75) is 19.2 Å². The molecule has 1 aromatic carbocycles. The fraction of sp³-hybridized carbons (Fsp3) is 0.333. The zero-order valence-electron chi connectivity index (χ0n) is 8.95. The highest BCUT2D eigenvalue weighted by molar-refractivity contribution is 6.32. The first-order valence-electron chi connectivity index (χ1n) is 4.51. The van der Waals surface area contributed by atoms with Crippen LogP contribution in [-0.4, -0.2) is 13.0 Å². The summed E-state index contributed by atoms with van der Waals surface area (Å²) in [4.78, 5) is 0. The monoisotopic (exact) mass is 330 g/mol. The van der Waals surface area contributed by atoms with Gasteiger partial charge in [-0.2, -0.15) is 22.0 Å². The lowest BCUT2D eigenvalue weighted by Crippen LogP contribution is -2.20. The van der Waals surface area contributed by atoms with Gasteiger partial charge in [-0.15, -0.1) is 13.2 Å². The molecule has 0 amide bonds. The third-order valence-electron chi connectivity index (χ3n) is 1.77. The summed E-state index contributed by atoms with van der Waals surface area (Å²) in [6, 6.07) is 0.281. The van der Waals surface area contributed by atoms with Crippen LogP contribution in [0.3, 0.4) is 0 Å². The van der Waals surface area contributed by atoms with E-state index in [9.17, 15) is 35.1 Å². The van der Waals surface area contributed by atoms with E-state index in [0.29, 0.717) is 6.07 Å². The van der Waals surface area contributed by atoms with Crippen molar-refractivity contribution in [2.24, 2.45) is 0 Å². The van der Waals surface area contributed by atoms with Gasteiger partial charge in [0.1, 0.15) is 11.3 Å². The van der Waals surface area contributed by atoms with E-state index in [1.165, 1.54) is 0 Å². The van der Waals surface area contributed by atoms with Gasteiger partial charge in [0.05, 0.1) is 5.02 Å². The van der Waals surface area contributed by atoms with Gasteiger partial charge in [-0.3, -0.25) is 0 Å². The average molecular weight is 331 g/mol. The maximum Gasteiger partial charge on any atom is 0.573 e. The first-order chi connectivity index (χ1) is 8.90. The van der Waals surface area contributed by atoms with Crippen molar-refractivity contribution >= 4 is 11.6 Å². The molecule has 0 aromatic heterocycles. The van der Waals surface area contributed by atoms with Crippen molar-refractivity contribution in [3.63, 3.8) is 0 Å². The van der Waals surface area contributed by atoms with Crippen molar-refractivity contribution in [3.05, 3.63) is 22.7 Å². The predicted octanol–water partition coefficient (Wildman–Crippen LogP) is 4.86. The molecule has 0 atom stereocenters. The molecule has 0 bridgehead atoms. The fourth-order valence-corrected chi connectivity index (χ4v) is 1.42. The molecule has 1 rings (SSSR count). The van der Waals surface area contributed by atoms with Crippen LogP contribution in [0.1, 0.15) is 5.56 Å². The molecule has 0 radical (unpaired) electrons. The maximum absolute atomic E-state index is 12.6. The minimum atomic E-state index is -5.44. The molecule has 0 saturated carbocycles. The second kappa shape index (κ2) is 5.51. The van der Waals surface area contributed by atoms with E-state index in [-0.39, 0.29) is 6.07 Å². The van der Waals surface area contributed by atoms with E-state index in [2.05, 4.69) is 9.47 Å². The van der Waals surface area contributed by atoms with Crippen molar-refractivity contribution in [2.75, 3.05) is 0 Å². The standard InChI is InChI=1S/C9H3ClF8O2/c10-5-2-3(19-7(11)12)1-4(8(13,14)15)6(5)20-9(16,17)18/h1-2,7H.